The summed E-state index contributed by atoms with van der Waals surface area (Å²) in [5, 5.41) is 20.1. The average molecular weight is 305 g/mol. The second-order valence-electron chi connectivity index (χ2n) is 5.06. The number of rotatable bonds is 5. The van der Waals surface area contributed by atoms with Crippen LogP contribution in [0, 0.1) is 6.92 Å². The van der Waals surface area contributed by atoms with E-state index in [4.69, 9.17) is 5.11 Å². The first-order valence-electron chi connectivity index (χ1n) is 6.95. The van der Waals surface area contributed by atoms with Gasteiger partial charge in [-0.1, -0.05) is 0 Å². The highest BCUT2D eigenvalue weighted by molar-refractivity contribution is 6.03. The van der Waals surface area contributed by atoms with Crippen LogP contribution in [-0.4, -0.2) is 36.5 Å². The van der Waals surface area contributed by atoms with Gasteiger partial charge in [0.1, 0.15) is 0 Å². The monoisotopic (exact) mass is 305 g/mol. The molecule has 2 aromatic rings. The lowest BCUT2D eigenvalue weighted by molar-refractivity contribution is 0.0678. The number of aromatic carboxylic acids is 1. The van der Waals surface area contributed by atoms with Gasteiger partial charge in [-0.15, -0.1) is 0 Å². The first-order chi connectivity index (χ1) is 10.3. The minimum absolute atomic E-state index is 0.0439. The van der Waals surface area contributed by atoms with Crippen molar-refractivity contribution in [3.8, 4) is 0 Å². The topological polar surface area (TPSA) is 102 Å². The van der Waals surface area contributed by atoms with Gasteiger partial charge in [0.15, 0.2) is 5.69 Å². The summed E-state index contributed by atoms with van der Waals surface area (Å²) < 4.78 is 2.96. The molecule has 0 aliphatic heterocycles. The minimum Gasteiger partial charge on any atom is -0.477 e. The van der Waals surface area contributed by atoms with E-state index in [1.54, 1.807) is 4.68 Å². The van der Waals surface area contributed by atoms with Crippen LogP contribution < -0.4 is 5.32 Å². The van der Waals surface area contributed by atoms with Crippen molar-refractivity contribution in [3.63, 3.8) is 0 Å². The fourth-order valence-electron chi connectivity index (χ4n) is 2.33. The number of hydrogen-bond donors (Lipinski definition) is 2. The van der Waals surface area contributed by atoms with Gasteiger partial charge in [-0.3, -0.25) is 14.2 Å². The molecule has 118 valence electrons. The molecule has 2 rings (SSSR count). The number of nitrogens with zero attached hydrogens (tertiary/aromatic N) is 4. The molecule has 0 aliphatic rings. The largest absolute Gasteiger partial charge is 0.477 e. The predicted molar refractivity (Wildman–Crippen MR) is 78.7 cm³/mol. The SMILES string of the molecule is CCn1cc(C(C)NC(=O)c2cnn(C)c2C(=O)O)c(C)n1. The van der Waals surface area contributed by atoms with Gasteiger partial charge in [0, 0.05) is 25.4 Å². The van der Waals surface area contributed by atoms with Gasteiger partial charge < -0.3 is 10.4 Å². The van der Waals surface area contributed by atoms with E-state index in [9.17, 15) is 9.59 Å². The van der Waals surface area contributed by atoms with Crippen molar-refractivity contribution in [1.29, 1.82) is 0 Å². The van der Waals surface area contributed by atoms with Crippen molar-refractivity contribution >= 4 is 11.9 Å². The molecule has 0 aromatic carbocycles. The second-order valence-corrected chi connectivity index (χ2v) is 5.06. The predicted octanol–water partition coefficient (Wildman–Crippen LogP) is 1.13. The fraction of sp³-hybridized carbons (Fsp3) is 0.429. The Morgan fingerprint density at radius 2 is 2.14 bits per heavy atom. The van der Waals surface area contributed by atoms with Crippen LogP contribution in [0.25, 0.3) is 0 Å². The highest BCUT2D eigenvalue weighted by atomic mass is 16.4. The molecule has 0 saturated carbocycles. The first kappa shape index (κ1) is 15.7. The summed E-state index contributed by atoms with van der Waals surface area (Å²) in [4.78, 5) is 23.5. The minimum atomic E-state index is -1.19. The van der Waals surface area contributed by atoms with Crippen LogP contribution in [0.5, 0.6) is 0 Å². The molecule has 2 N–H and O–H groups in total. The Labute approximate surface area is 127 Å². The number of aromatic nitrogens is 4. The van der Waals surface area contributed by atoms with Crippen LogP contribution in [0.15, 0.2) is 12.4 Å². The summed E-state index contributed by atoms with van der Waals surface area (Å²) in [6.07, 6.45) is 3.13. The average Bonchev–Trinajstić information content (AvgIpc) is 3.01. The van der Waals surface area contributed by atoms with Crippen LogP contribution in [0.3, 0.4) is 0 Å². The Bertz CT molecular complexity index is 716. The number of amides is 1. The van der Waals surface area contributed by atoms with E-state index in [-0.39, 0.29) is 17.3 Å². The quantitative estimate of drug-likeness (QED) is 0.862. The highest BCUT2D eigenvalue weighted by Crippen LogP contribution is 2.17. The Morgan fingerprint density at radius 3 is 2.68 bits per heavy atom. The molecule has 1 atom stereocenters. The number of carbonyl (C=O) groups is 2. The maximum Gasteiger partial charge on any atom is 0.354 e. The molecule has 2 heterocycles. The van der Waals surface area contributed by atoms with Gasteiger partial charge in [0.25, 0.3) is 5.91 Å². The van der Waals surface area contributed by atoms with E-state index >= 15 is 0 Å². The van der Waals surface area contributed by atoms with Gasteiger partial charge in [-0.05, 0) is 20.8 Å². The molecule has 0 fully saturated rings. The third kappa shape index (κ3) is 2.85. The molecule has 8 nitrogen and oxygen atoms in total. The van der Waals surface area contributed by atoms with Gasteiger partial charge in [-0.2, -0.15) is 10.2 Å². The third-order valence-corrected chi connectivity index (χ3v) is 3.51. The Morgan fingerprint density at radius 1 is 1.45 bits per heavy atom. The molecule has 0 spiro atoms. The number of carboxylic acids is 1. The van der Waals surface area contributed by atoms with Gasteiger partial charge in [0.05, 0.1) is 23.5 Å². The molecule has 0 bridgehead atoms. The zero-order valence-corrected chi connectivity index (χ0v) is 13.0. The van der Waals surface area contributed by atoms with E-state index in [0.29, 0.717) is 0 Å². The van der Waals surface area contributed by atoms with E-state index < -0.39 is 11.9 Å². The van der Waals surface area contributed by atoms with Crippen LogP contribution >= 0.6 is 0 Å². The van der Waals surface area contributed by atoms with Crippen molar-refractivity contribution in [3.05, 3.63) is 34.9 Å². The summed E-state index contributed by atoms with van der Waals surface area (Å²) in [7, 11) is 1.49. The summed E-state index contributed by atoms with van der Waals surface area (Å²) in [6.45, 7) is 6.43. The molecular formula is C14H19N5O3. The molecule has 2 aromatic heterocycles. The summed E-state index contributed by atoms with van der Waals surface area (Å²) in [6, 6.07) is -0.283. The normalized spacial score (nSPS) is 12.2. The van der Waals surface area contributed by atoms with Crippen LogP contribution in [0.2, 0.25) is 0 Å². The number of nitrogens with one attached hydrogen (secondary N) is 1. The van der Waals surface area contributed by atoms with Crippen LogP contribution in [0.4, 0.5) is 0 Å². The van der Waals surface area contributed by atoms with Crippen molar-refractivity contribution < 1.29 is 14.7 Å². The lowest BCUT2D eigenvalue weighted by Gasteiger charge is -2.13. The van der Waals surface area contributed by atoms with Crippen molar-refractivity contribution in [2.45, 2.75) is 33.4 Å². The summed E-state index contributed by atoms with van der Waals surface area (Å²) in [5.74, 6) is -1.66. The van der Waals surface area contributed by atoms with Gasteiger partial charge >= 0.3 is 5.97 Å². The Hall–Kier alpha value is -2.64. The maximum absolute atomic E-state index is 12.3. The fourth-order valence-corrected chi connectivity index (χ4v) is 2.33. The van der Waals surface area contributed by atoms with Crippen molar-refractivity contribution in [1.82, 2.24) is 24.9 Å². The molecule has 22 heavy (non-hydrogen) atoms. The lowest BCUT2D eigenvalue weighted by Crippen LogP contribution is -2.28. The summed E-state index contributed by atoms with van der Waals surface area (Å²) >= 11 is 0. The zero-order valence-electron chi connectivity index (χ0n) is 13.0. The second kappa shape index (κ2) is 6.00. The molecule has 1 unspecified atom stereocenters. The smallest absolute Gasteiger partial charge is 0.354 e. The molecule has 8 heteroatoms. The Kier molecular flexibility index (Phi) is 4.30. The zero-order chi connectivity index (χ0) is 16.4. The van der Waals surface area contributed by atoms with Crippen LogP contribution in [0.1, 0.15) is 52.0 Å². The molecular weight excluding hydrogens is 286 g/mol. The standard InChI is InChI=1S/C14H19N5O3/c1-5-19-7-11(9(3)17-19)8(2)16-13(20)10-6-15-18(4)12(10)14(21)22/h6-8H,5H2,1-4H3,(H,16,20)(H,21,22). The maximum atomic E-state index is 12.3. The van der Waals surface area contributed by atoms with Gasteiger partial charge in [-0.25, -0.2) is 4.79 Å². The van der Waals surface area contributed by atoms with E-state index in [2.05, 4.69) is 15.5 Å². The van der Waals surface area contributed by atoms with Crippen molar-refractivity contribution in [2.75, 3.05) is 0 Å². The molecule has 1 amide bonds. The number of carboxylic acid groups (broad SMARTS) is 1. The summed E-state index contributed by atoms with van der Waals surface area (Å²) in [5.41, 5.74) is 1.64. The van der Waals surface area contributed by atoms with E-state index in [1.807, 2.05) is 27.0 Å². The Balaban J connectivity index is 2.21. The number of carbonyl (C=O) groups excluding carboxylic acids is 1. The third-order valence-electron chi connectivity index (χ3n) is 3.51. The first-order valence-corrected chi connectivity index (χ1v) is 6.95. The number of hydrogen-bond acceptors (Lipinski definition) is 4. The van der Waals surface area contributed by atoms with E-state index in [1.165, 1.54) is 17.9 Å². The lowest BCUT2D eigenvalue weighted by atomic mass is 10.1. The van der Waals surface area contributed by atoms with Crippen LogP contribution in [-0.2, 0) is 13.6 Å². The van der Waals surface area contributed by atoms with Gasteiger partial charge in [0.2, 0.25) is 0 Å². The molecule has 0 aliphatic carbocycles. The molecule has 0 saturated heterocycles. The van der Waals surface area contributed by atoms with E-state index in [0.717, 1.165) is 17.8 Å². The number of aryl methyl sites for hydroxylation is 3. The molecule has 0 radical (unpaired) electrons. The van der Waals surface area contributed by atoms with Crippen molar-refractivity contribution in [2.24, 2.45) is 7.05 Å². The highest BCUT2D eigenvalue weighted by Gasteiger charge is 2.23.